The number of nitrogens with one attached hydrogen (secondary N) is 1. The monoisotopic (exact) mass is 401 g/mol. The molecule has 1 saturated heterocycles. The molecule has 28 heavy (non-hydrogen) atoms. The number of sulfonamides is 1. The molecule has 0 aromatic heterocycles. The Morgan fingerprint density at radius 1 is 1.11 bits per heavy atom. The van der Waals surface area contributed by atoms with Crippen molar-refractivity contribution in [2.45, 2.75) is 19.9 Å². The van der Waals surface area contributed by atoms with Crippen LogP contribution in [-0.2, 0) is 21.4 Å². The van der Waals surface area contributed by atoms with Crippen LogP contribution in [0.2, 0.25) is 0 Å². The maximum absolute atomic E-state index is 12.6. The average molecular weight is 401 g/mol. The second kappa shape index (κ2) is 8.02. The molecule has 1 N–H and O–H groups in total. The summed E-state index contributed by atoms with van der Waals surface area (Å²) in [7, 11) is -1.54. The van der Waals surface area contributed by atoms with E-state index in [4.69, 9.17) is 0 Å². The summed E-state index contributed by atoms with van der Waals surface area (Å²) < 4.78 is 25.4. The first-order valence-corrected chi connectivity index (χ1v) is 10.6. The number of amides is 2. The van der Waals surface area contributed by atoms with Crippen molar-refractivity contribution in [2.24, 2.45) is 0 Å². The number of carbonyl (C=O) groups excluding carboxylic acids is 2. The number of carbonyl (C=O) groups is 2. The van der Waals surface area contributed by atoms with Crippen molar-refractivity contribution in [3.63, 3.8) is 0 Å². The standard InChI is InChI=1S/C20H23N3O4S/c1-15(24)22(2)14-17-6-3-4-7-19(17)21-20(25)16-8-10-18(11-9-16)23-12-5-13-28(23,26)27/h3-4,6-11H,5,12-14H2,1-2H3,(H,21,25). The smallest absolute Gasteiger partial charge is 0.255 e. The molecule has 0 atom stereocenters. The molecule has 0 aliphatic carbocycles. The van der Waals surface area contributed by atoms with Gasteiger partial charge in [0.2, 0.25) is 15.9 Å². The van der Waals surface area contributed by atoms with E-state index in [9.17, 15) is 18.0 Å². The Balaban J connectivity index is 1.74. The molecule has 148 valence electrons. The molecule has 1 heterocycles. The fraction of sp³-hybridized carbons (Fsp3) is 0.300. The Morgan fingerprint density at radius 3 is 2.39 bits per heavy atom. The number of nitrogens with zero attached hydrogens (tertiary/aromatic N) is 2. The lowest BCUT2D eigenvalue weighted by Gasteiger charge is -2.18. The van der Waals surface area contributed by atoms with E-state index in [1.54, 1.807) is 42.3 Å². The van der Waals surface area contributed by atoms with Crippen LogP contribution in [0, 0.1) is 0 Å². The van der Waals surface area contributed by atoms with Crippen LogP contribution >= 0.6 is 0 Å². The minimum Gasteiger partial charge on any atom is -0.342 e. The number of rotatable bonds is 5. The largest absolute Gasteiger partial charge is 0.342 e. The second-order valence-electron chi connectivity index (χ2n) is 6.77. The molecule has 8 heteroatoms. The first-order chi connectivity index (χ1) is 13.3. The number of anilines is 2. The van der Waals surface area contributed by atoms with E-state index >= 15 is 0 Å². The Bertz CT molecular complexity index is 987. The molecular weight excluding hydrogens is 378 g/mol. The molecule has 7 nitrogen and oxygen atoms in total. The number of hydrogen-bond acceptors (Lipinski definition) is 4. The van der Waals surface area contributed by atoms with Gasteiger partial charge in [0.05, 0.1) is 11.4 Å². The summed E-state index contributed by atoms with van der Waals surface area (Å²) in [5.41, 5.74) is 2.45. The first-order valence-electron chi connectivity index (χ1n) is 8.99. The van der Waals surface area contributed by atoms with E-state index in [0.717, 1.165) is 5.56 Å². The highest BCUT2D eigenvalue weighted by atomic mass is 32.2. The van der Waals surface area contributed by atoms with E-state index in [1.807, 2.05) is 18.2 Å². The molecule has 0 radical (unpaired) electrons. The van der Waals surface area contributed by atoms with Crippen LogP contribution in [0.3, 0.4) is 0 Å². The van der Waals surface area contributed by atoms with Crippen molar-refractivity contribution in [1.82, 2.24) is 4.90 Å². The molecule has 1 aliphatic rings. The van der Waals surface area contributed by atoms with Crippen LogP contribution in [0.4, 0.5) is 11.4 Å². The van der Waals surface area contributed by atoms with Gasteiger partial charge in [-0.2, -0.15) is 0 Å². The summed E-state index contributed by atoms with van der Waals surface area (Å²) in [5.74, 6) is -0.205. The molecule has 2 aromatic rings. The summed E-state index contributed by atoms with van der Waals surface area (Å²) in [4.78, 5) is 25.7. The maximum atomic E-state index is 12.6. The van der Waals surface area contributed by atoms with Gasteiger partial charge in [-0.1, -0.05) is 18.2 Å². The van der Waals surface area contributed by atoms with Gasteiger partial charge < -0.3 is 10.2 Å². The zero-order valence-electron chi connectivity index (χ0n) is 15.9. The minimum absolute atomic E-state index is 0.0615. The molecule has 0 saturated carbocycles. The molecule has 1 fully saturated rings. The number of hydrogen-bond donors (Lipinski definition) is 1. The SMILES string of the molecule is CC(=O)N(C)Cc1ccccc1NC(=O)c1ccc(N2CCCS2(=O)=O)cc1. The molecular formula is C20H23N3O4S. The van der Waals surface area contributed by atoms with Crippen molar-refractivity contribution >= 4 is 33.2 Å². The fourth-order valence-corrected chi connectivity index (χ4v) is 4.61. The zero-order chi connectivity index (χ0) is 20.3. The molecule has 0 spiro atoms. The van der Waals surface area contributed by atoms with Crippen molar-refractivity contribution in [1.29, 1.82) is 0 Å². The fourth-order valence-electron chi connectivity index (χ4n) is 3.05. The van der Waals surface area contributed by atoms with Crippen LogP contribution < -0.4 is 9.62 Å². The third kappa shape index (κ3) is 4.33. The van der Waals surface area contributed by atoms with Crippen LogP contribution in [0.1, 0.15) is 29.3 Å². The Labute approximate surface area is 165 Å². The van der Waals surface area contributed by atoms with E-state index in [-0.39, 0.29) is 17.6 Å². The highest BCUT2D eigenvalue weighted by Crippen LogP contribution is 2.25. The van der Waals surface area contributed by atoms with E-state index < -0.39 is 10.0 Å². The lowest BCUT2D eigenvalue weighted by atomic mass is 10.1. The van der Waals surface area contributed by atoms with Gasteiger partial charge in [0.15, 0.2) is 0 Å². The molecule has 0 unspecified atom stereocenters. The Hall–Kier alpha value is -2.87. The third-order valence-corrected chi connectivity index (χ3v) is 6.60. The van der Waals surface area contributed by atoms with E-state index in [2.05, 4.69) is 5.32 Å². The lowest BCUT2D eigenvalue weighted by molar-refractivity contribution is -0.128. The first kappa shape index (κ1) is 19.9. The highest BCUT2D eigenvalue weighted by molar-refractivity contribution is 7.93. The van der Waals surface area contributed by atoms with E-state index in [1.165, 1.54) is 11.2 Å². The van der Waals surface area contributed by atoms with Crippen LogP contribution in [0.25, 0.3) is 0 Å². The normalized spacial score (nSPS) is 15.3. The average Bonchev–Trinajstić information content (AvgIpc) is 3.02. The van der Waals surface area contributed by atoms with Crippen LogP contribution in [0.5, 0.6) is 0 Å². The molecule has 2 aromatic carbocycles. The molecule has 2 amide bonds. The minimum atomic E-state index is -3.25. The van der Waals surface area contributed by atoms with Gasteiger partial charge in [-0.25, -0.2) is 8.42 Å². The van der Waals surface area contributed by atoms with Crippen LogP contribution in [-0.4, -0.2) is 44.5 Å². The van der Waals surface area contributed by atoms with Gasteiger partial charge in [0.25, 0.3) is 5.91 Å². The molecule has 3 rings (SSSR count). The van der Waals surface area contributed by atoms with Crippen LogP contribution in [0.15, 0.2) is 48.5 Å². The molecule has 0 bridgehead atoms. The van der Waals surface area contributed by atoms with Crippen molar-refractivity contribution in [3.05, 3.63) is 59.7 Å². The predicted octanol–water partition coefficient (Wildman–Crippen LogP) is 2.46. The lowest BCUT2D eigenvalue weighted by Crippen LogP contribution is -2.25. The maximum Gasteiger partial charge on any atom is 0.255 e. The third-order valence-electron chi connectivity index (χ3n) is 4.73. The Kier molecular flexibility index (Phi) is 5.69. The summed E-state index contributed by atoms with van der Waals surface area (Å²) >= 11 is 0. The van der Waals surface area contributed by atoms with E-state index in [0.29, 0.717) is 36.4 Å². The number of benzene rings is 2. The predicted molar refractivity (Wildman–Crippen MR) is 109 cm³/mol. The van der Waals surface area contributed by atoms with Crippen molar-refractivity contribution in [3.8, 4) is 0 Å². The zero-order valence-corrected chi connectivity index (χ0v) is 16.7. The van der Waals surface area contributed by atoms with Gasteiger partial charge in [0, 0.05) is 38.3 Å². The van der Waals surface area contributed by atoms with Gasteiger partial charge in [-0.3, -0.25) is 13.9 Å². The highest BCUT2D eigenvalue weighted by Gasteiger charge is 2.28. The van der Waals surface area contributed by atoms with Gasteiger partial charge >= 0.3 is 0 Å². The Morgan fingerprint density at radius 2 is 1.79 bits per heavy atom. The van der Waals surface area contributed by atoms with Gasteiger partial charge in [0.1, 0.15) is 0 Å². The quantitative estimate of drug-likeness (QED) is 0.834. The summed E-state index contributed by atoms with van der Waals surface area (Å²) in [6, 6.07) is 13.8. The second-order valence-corrected chi connectivity index (χ2v) is 8.79. The summed E-state index contributed by atoms with van der Waals surface area (Å²) in [5, 5.41) is 2.87. The number of para-hydroxylation sites is 1. The van der Waals surface area contributed by atoms with Gasteiger partial charge in [-0.15, -0.1) is 0 Å². The molecule has 1 aliphatic heterocycles. The summed E-state index contributed by atoms with van der Waals surface area (Å²) in [6.07, 6.45) is 0.607. The van der Waals surface area contributed by atoms with Crippen molar-refractivity contribution in [2.75, 3.05) is 29.0 Å². The topological polar surface area (TPSA) is 86.8 Å². The summed E-state index contributed by atoms with van der Waals surface area (Å²) in [6.45, 7) is 2.34. The van der Waals surface area contributed by atoms with Gasteiger partial charge in [-0.05, 0) is 42.3 Å². The van der Waals surface area contributed by atoms with Crippen molar-refractivity contribution < 1.29 is 18.0 Å².